The monoisotopic (exact) mass is 698 g/mol. The van der Waals surface area contributed by atoms with Crippen LogP contribution in [-0.2, 0) is 24.4 Å². The Hall–Kier alpha value is -4.67. The summed E-state index contributed by atoms with van der Waals surface area (Å²) in [7, 11) is -3.80. The Morgan fingerprint density at radius 2 is 1.38 bits per heavy atom. The van der Waals surface area contributed by atoms with E-state index >= 15 is 0 Å². The molecule has 3 rings (SSSR count). The van der Waals surface area contributed by atoms with Crippen LogP contribution in [0.4, 0.5) is 0 Å². The quantitative estimate of drug-likeness (QED) is 0.0713. The number of unbranched alkanes of at least 4 members (excludes halogenated alkanes) is 3. The minimum Gasteiger partial charge on any atom is -0.379 e. The third kappa shape index (κ3) is 12.5. The fourth-order valence-electron chi connectivity index (χ4n) is 4.44. The number of aromatic nitrogens is 2. The van der Waals surface area contributed by atoms with E-state index in [-0.39, 0.29) is 53.9 Å². The molecule has 4 amide bonds. The van der Waals surface area contributed by atoms with E-state index in [0.29, 0.717) is 30.0 Å². The molecular weight excluding hydrogens is 657 g/mol. The number of nitrogens with zero attached hydrogens (tertiary/aromatic N) is 2. The number of amides is 4. The molecule has 0 bridgehead atoms. The van der Waals surface area contributed by atoms with Crippen molar-refractivity contribution in [2.45, 2.75) is 37.5 Å². The molecule has 0 fully saturated rings. The maximum Gasteiger partial charge on any atom is 0.251 e. The van der Waals surface area contributed by atoms with Gasteiger partial charge in [-0.05, 0) is 62.2 Å². The van der Waals surface area contributed by atoms with Gasteiger partial charge in [0.15, 0.2) is 0 Å². The van der Waals surface area contributed by atoms with Crippen LogP contribution in [0.5, 0.6) is 0 Å². The van der Waals surface area contributed by atoms with E-state index in [9.17, 15) is 27.6 Å². The molecule has 0 unspecified atom stereocenters. The van der Waals surface area contributed by atoms with Crippen molar-refractivity contribution in [3.63, 3.8) is 0 Å². The van der Waals surface area contributed by atoms with E-state index in [1.165, 1.54) is 12.1 Å². The predicted molar refractivity (Wildman–Crippen MR) is 186 cm³/mol. The second-order valence-corrected chi connectivity index (χ2v) is 12.8. The van der Waals surface area contributed by atoms with E-state index in [0.717, 1.165) is 42.6 Å². The van der Waals surface area contributed by atoms with Gasteiger partial charge >= 0.3 is 0 Å². The highest BCUT2D eigenvalue weighted by molar-refractivity contribution is 7.89. The summed E-state index contributed by atoms with van der Waals surface area (Å²) in [6, 6.07) is 15.2. The Morgan fingerprint density at radius 3 is 2.00 bits per heavy atom. The van der Waals surface area contributed by atoms with Crippen molar-refractivity contribution in [1.82, 2.24) is 36.4 Å². The Bertz CT molecular complexity index is 1690. The highest BCUT2D eigenvalue weighted by Gasteiger charge is 2.14. The number of aryl methyl sites for hydroxylation is 1. The number of benzene rings is 2. The lowest BCUT2D eigenvalue weighted by molar-refractivity contribution is -0.125. The first-order valence-electron chi connectivity index (χ1n) is 15.3. The molecule has 3 aromatic rings. The SMILES string of the molecule is C=C(CNC(=O)CS)NCC(=O)NCC(=O)NCCCCCCNC(=O)c1ccc(-c2cc(C)nn2-c2ccc(S(N)(=O)=O)cc2)cc1. The number of nitrogens with one attached hydrogen (secondary N) is 5. The van der Waals surface area contributed by atoms with E-state index in [1.807, 2.05) is 25.1 Å². The standard InChI is InChI=1S/C32H42N8O6S2/c1-22-17-28(40(39-22)26-11-13-27(14-12-26)48(33,45)46)24-7-9-25(10-8-24)32(44)35-16-6-4-3-5-15-34-29(41)20-38-30(42)19-36-23(2)18-37-31(43)21-47/h7-14,17,36,47H,2-6,15-16,18-21H2,1H3,(H,34,41)(H,35,44)(H,37,43)(H,38,42)(H2,33,45,46). The molecule has 0 spiro atoms. The minimum absolute atomic E-state index is 0.0134. The zero-order valence-electron chi connectivity index (χ0n) is 26.8. The number of hydrogen-bond acceptors (Lipinski definition) is 9. The van der Waals surface area contributed by atoms with Crippen LogP contribution in [0.25, 0.3) is 16.9 Å². The molecule has 16 heteroatoms. The van der Waals surface area contributed by atoms with Crippen molar-refractivity contribution in [3.05, 3.63) is 78.1 Å². The summed E-state index contributed by atoms with van der Waals surface area (Å²) in [5.41, 5.74) is 4.05. The minimum atomic E-state index is -3.80. The first kappa shape index (κ1) is 37.8. The van der Waals surface area contributed by atoms with Crippen molar-refractivity contribution in [3.8, 4) is 16.9 Å². The summed E-state index contributed by atoms with van der Waals surface area (Å²) in [5.74, 6) is -1.04. The maximum absolute atomic E-state index is 12.7. The average molecular weight is 699 g/mol. The fraction of sp³-hybridized carbons (Fsp3) is 0.344. The van der Waals surface area contributed by atoms with Gasteiger partial charge in [0, 0.05) is 29.9 Å². The van der Waals surface area contributed by atoms with Crippen LogP contribution >= 0.6 is 12.6 Å². The topological polar surface area (TPSA) is 206 Å². The molecule has 7 N–H and O–H groups in total. The summed E-state index contributed by atoms with van der Waals surface area (Å²) in [6.45, 7) is 6.53. The second-order valence-electron chi connectivity index (χ2n) is 10.9. The number of sulfonamides is 1. The average Bonchev–Trinajstić information content (AvgIpc) is 3.47. The van der Waals surface area contributed by atoms with Crippen LogP contribution in [0.2, 0.25) is 0 Å². The second kappa shape index (κ2) is 18.6. The van der Waals surface area contributed by atoms with Crippen molar-refractivity contribution >= 4 is 46.3 Å². The van der Waals surface area contributed by atoms with Crippen LogP contribution in [0, 0.1) is 6.92 Å². The predicted octanol–water partition coefficient (Wildman–Crippen LogP) is 1.17. The van der Waals surface area contributed by atoms with Crippen molar-refractivity contribution < 1.29 is 27.6 Å². The number of primary sulfonamides is 1. The van der Waals surface area contributed by atoms with Crippen molar-refractivity contribution in [2.75, 3.05) is 38.5 Å². The molecular formula is C32H42N8O6S2. The zero-order chi connectivity index (χ0) is 35.1. The van der Waals surface area contributed by atoms with E-state index in [1.54, 1.807) is 28.9 Å². The lowest BCUT2D eigenvalue weighted by atomic mass is 10.1. The number of nitrogens with two attached hydrogens (primary N) is 1. The van der Waals surface area contributed by atoms with Gasteiger partial charge in [0.05, 0.1) is 47.4 Å². The van der Waals surface area contributed by atoms with Gasteiger partial charge in [0.1, 0.15) is 0 Å². The smallest absolute Gasteiger partial charge is 0.251 e. The lowest BCUT2D eigenvalue weighted by Gasteiger charge is -2.11. The molecule has 0 aliphatic carbocycles. The van der Waals surface area contributed by atoms with E-state index in [2.05, 4.69) is 50.9 Å². The first-order chi connectivity index (χ1) is 22.9. The molecule has 0 atom stereocenters. The summed E-state index contributed by atoms with van der Waals surface area (Å²) in [4.78, 5) is 47.7. The highest BCUT2D eigenvalue weighted by Crippen LogP contribution is 2.25. The number of carbonyl (C=O) groups is 4. The zero-order valence-corrected chi connectivity index (χ0v) is 28.5. The molecule has 14 nitrogen and oxygen atoms in total. The van der Waals surface area contributed by atoms with Gasteiger partial charge in [-0.1, -0.05) is 31.6 Å². The first-order valence-corrected chi connectivity index (χ1v) is 17.5. The van der Waals surface area contributed by atoms with Gasteiger partial charge in [0.25, 0.3) is 5.91 Å². The van der Waals surface area contributed by atoms with Crippen LogP contribution in [0.3, 0.4) is 0 Å². The maximum atomic E-state index is 12.7. The van der Waals surface area contributed by atoms with E-state index in [4.69, 9.17) is 5.14 Å². The Morgan fingerprint density at radius 1 is 0.792 bits per heavy atom. The molecule has 0 aliphatic heterocycles. The summed E-state index contributed by atoms with van der Waals surface area (Å²) in [5, 5.41) is 23.3. The number of thiol groups is 1. The van der Waals surface area contributed by atoms with Gasteiger partial charge in [-0.3, -0.25) is 19.2 Å². The summed E-state index contributed by atoms with van der Waals surface area (Å²) < 4.78 is 24.9. The molecule has 1 heterocycles. The number of carbonyl (C=O) groups excluding carboxylic acids is 4. The molecule has 0 radical (unpaired) electrons. The fourth-order valence-corrected chi connectivity index (χ4v) is 5.07. The van der Waals surface area contributed by atoms with Crippen LogP contribution in [0.15, 0.2) is 71.8 Å². The molecule has 48 heavy (non-hydrogen) atoms. The van der Waals surface area contributed by atoms with Crippen LogP contribution < -0.4 is 31.7 Å². The third-order valence-electron chi connectivity index (χ3n) is 6.98. The summed E-state index contributed by atoms with van der Waals surface area (Å²) >= 11 is 3.85. The Labute approximate surface area is 285 Å². The number of rotatable bonds is 19. The van der Waals surface area contributed by atoms with Gasteiger partial charge in [-0.2, -0.15) is 17.7 Å². The third-order valence-corrected chi connectivity index (χ3v) is 8.20. The van der Waals surface area contributed by atoms with E-state index < -0.39 is 10.0 Å². The summed E-state index contributed by atoms with van der Waals surface area (Å²) in [6.07, 6.45) is 3.29. The van der Waals surface area contributed by atoms with Gasteiger partial charge in [-0.25, -0.2) is 18.2 Å². The molecule has 2 aromatic carbocycles. The van der Waals surface area contributed by atoms with Crippen molar-refractivity contribution in [1.29, 1.82) is 0 Å². The van der Waals surface area contributed by atoms with Crippen LogP contribution in [-0.4, -0.2) is 80.3 Å². The molecule has 258 valence electrons. The van der Waals surface area contributed by atoms with Gasteiger partial charge in [0.2, 0.25) is 27.7 Å². The van der Waals surface area contributed by atoms with Gasteiger partial charge in [-0.15, -0.1) is 0 Å². The van der Waals surface area contributed by atoms with Crippen LogP contribution in [0.1, 0.15) is 41.7 Å². The van der Waals surface area contributed by atoms with Crippen molar-refractivity contribution in [2.24, 2.45) is 5.14 Å². The largest absolute Gasteiger partial charge is 0.379 e. The normalized spacial score (nSPS) is 11.0. The lowest BCUT2D eigenvalue weighted by Crippen LogP contribution is -2.41. The molecule has 0 aliphatic rings. The molecule has 0 saturated carbocycles. The Kier molecular flexibility index (Phi) is 14.7. The highest BCUT2D eigenvalue weighted by atomic mass is 32.2. The van der Waals surface area contributed by atoms with Gasteiger partial charge < -0.3 is 26.6 Å². The molecule has 0 saturated heterocycles. The molecule has 1 aromatic heterocycles. The number of hydrogen-bond donors (Lipinski definition) is 7. The Balaban J connectivity index is 1.30.